The zero-order valence-electron chi connectivity index (χ0n) is 7.91. The van der Waals surface area contributed by atoms with Gasteiger partial charge in [-0.25, -0.2) is 18.7 Å². The number of aromatic nitrogens is 2. The summed E-state index contributed by atoms with van der Waals surface area (Å²) in [6.07, 6.45) is 2.12. The van der Waals surface area contributed by atoms with Gasteiger partial charge in [-0.3, -0.25) is 4.79 Å². The molecule has 0 fully saturated rings. The quantitative estimate of drug-likeness (QED) is 0.801. The van der Waals surface area contributed by atoms with E-state index < -0.39 is 18.4 Å². The summed E-state index contributed by atoms with van der Waals surface area (Å²) in [6.45, 7) is -0.0736. The van der Waals surface area contributed by atoms with E-state index in [4.69, 9.17) is 5.73 Å². The van der Waals surface area contributed by atoms with Gasteiger partial charge in [0.15, 0.2) is 6.61 Å². The maximum absolute atomic E-state index is 12.4. The second kappa shape index (κ2) is 4.16. The van der Waals surface area contributed by atoms with E-state index in [1.807, 2.05) is 0 Å². The molecule has 1 rings (SSSR count). The van der Waals surface area contributed by atoms with E-state index in [0.29, 0.717) is 0 Å². The van der Waals surface area contributed by atoms with E-state index in [-0.39, 0.29) is 11.6 Å². The number of amides is 1. The van der Waals surface area contributed by atoms with E-state index in [1.54, 1.807) is 0 Å². The highest BCUT2D eigenvalue weighted by atomic mass is 19.3. The van der Waals surface area contributed by atoms with Gasteiger partial charge in [0.2, 0.25) is 5.88 Å². The Bertz CT molecular complexity index is 348. The minimum atomic E-state index is -2.94. The van der Waals surface area contributed by atoms with Crippen LogP contribution >= 0.6 is 0 Å². The summed E-state index contributed by atoms with van der Waals surface area (Å²) in [6, 6.07) is 0. The van der Waals surface area contributed by atoms with Crippen LogP contribution in [0.5, 0.6) is 5.88 Å². The number of primary amides is 1. The summed E-state index contributed by atoms with van der Waals surface area (Å²) >= 11 is 0. The number of alkyl halides is 2. The highest BCUT2D eigenvalue weighted by Crippen LogP contribution is 2.13. The molecule has 1 aromatic rings. The molecule has 1 heterocycles. The van der Waals surface area contributed by atoms with Crippen LogP contribution in [0.4, 0.5) is 8.78 Å². The van der Waals surface area contributed by atoms with Gasteiger partial charge in [0, 0.05) is 6.92 Å². The summed E-state index contributed by atoms with van der Waals surface area (Å²) in [5, 5.41) is 0. The number of carbonyl (C=O) groups is 1. The SMILES string of the molecule is CC(F)(F)COc1cnc(C(N)=O)cn1. The fourth-order valence-corrected chi connectivity index (χ4v) is 0.719. The molecule has 7 heteroatoms. The van der Waals surface area contributed by atoms with Crippen LogP contribution in [0.1, 0.15) is 17.4 Å². The summed E-state index contributed by atoms with van der Waals surface area (Å²) in [5.74, 6) is -3.76. The van der Waals surface area contributed by atoms with Crippen molar-refractivity contribution in [2.45, 2.75) is 12.8 Å². The highest BCUT2D eigenvalue weighted by molar-refractivity contribution is 5.90. The number of hydrogen-bond donors (Lipinski definition) is 1. The third-order valence-electron chi connectivity index (χ3n) is 1.35. The van der Waals surface area contributed by atoms with Crippen molar-refractivity contribution >= 4 is 5.91 Å². The number of nitrogens with zero attached hydrogens (tertiary/aromatic N) is 2. The van der Waals surface area contributed by atoms with E-state index in [9.17, 15) is 13.6 Å². The average molecular weight is 217 g/mol. The van der Waals surface area contributed by atoms with Crippen LogP contribution in [0.3, 0.4) is 0 Å². The molecule has 1 aromatic heterocycles. The number of carbonyl (C=O) groups excluding carboxylic acids is 1. The standard InChI is InChI=1S/C8H9F2N3O2/c1-8(9,10)4-15-6-3-12-5(2-13-6)7(11)14/h2-3H,4H2,1H3,(H2,11,14). The topological polar surface area (TPSA) is 78.1 Å². The van der Waals surface area contributed by atoms with Crippen LogP contribution in [0.2, 0.25) is 0 Å². The van der Waals surface area contributed by atoms with Crippen LogP contribution in [0.15, 0.2) is 12.4 Å². The Morgan fingerprint density at radius 2 is 2.20 bits per heavy atom. The molecule has 0 unspecified atom stereocenters. The van der Waals surface area contributed by atoms with Gasteiger partial charge in [-0.1, -0.05) is 0 Å². The Hall–Kier alpha value is -1.79. The Kier molecular flexibility index (Phi) is 3.13. The molecule has 0 aliphatic carbocycles. The largest absolute Gasteiger partial charge is 0.470 e. The molecule has 0 atom stereocenters. The van der Waals surface area contributed by atoms with Crippen molar-refractivity contribution in [2.75, 3.05) is 6.61 Å². The van der Waals surface area contributed by atoms with E-state index >= 15 is 0 Å². The van der Waals surface area contributed by atoms with Crippen LogP contribution < -0.4 is 10.5 Å². The molecule has 82 valence electrons. The van der Waals surface area contributed by atoms with Gasteiger partial charge in [-0.2, -0.15) is 0 Å². The number of hydrogen-bond acceptors (Lipinski definition) is 4. The molecular weight excluding hydrogens is 208 g/mol. The summed E-state index contributed by atoms with van der Waals surface area (Å²) in [5.41, 5.74) is 4.85. The van der Waals surface area contributed by atoms with Crippen molar-refractivity contribution in [3.05, 3.63) is 18.1 Å². The number of rotatable bonds is 4. The number of halogens is 2. The summed E-state index contributed by atoms with van der Waals surface area (Å²) in [7, 11) is 0. The van der Waals surface area contributed by atoms with Crippen LogP contribution in [0, 0.1) is 0 Å². The van der Waals surface area contributed by atoms with E-state index in [2.05, 4.69) is 14.7 Å². The normalized spacial score (nSPS) is 11.1. The van der Waals surface area contributed by atoms with Crippen molar-refractivity contribution in [3.8, 4) is 5.88 Å². The Balaban J connectivity index is 2.61. The molecule has 0 bridgehead atoms. The molecule has 0 saturated heterocycles. The van der Waals surface area contributed by atoms with Gasteiger partial charge in [0.25, 0.3) is 11.8 Å². The van der Waals surface area contributed by atoms with Crippen molar-refractivity contribution < 1.29 is 18.3 Å². The zero-order valence-corrected chi connectivity index (χ0v) is 7.91. The third-order valence-corrected chi connectivity index (χ3v) is 1.35. The molecule has 1 amide bonds. The second-order valence-corrected chi connectivity index (χ2v) is 2.96. The van der Waals surface area contributed by atoms with E-state index in [1.165, 1.54) is 0 Å². The fraction of sp³-hybridized carbons (Fsp3) is 0.375. The molecular formula is C8H9F2N3O2. The summed E-state index contributed by atoms with van der Waals surface area (Å²) in [4.78, 5) is 17.7. The third kappa shape index (κ3) is 3.84. The van der Waals surface area contributed by atoms with Crippen LogP contribution in [0.25, 0.3) is 0 Å². The van der Waals surface area contributed by atoms with Gasteiger partial charge in [0.05, 0.1) is 12.4 Å². The molecule has 2 N–H and O–H groups in total. The second-order valence-electron chi connectivity index (χ2n) is 2.96. The maximum atomic E-state index is 12.4. The average Bonchev–Trinajstić information content (AvgIpc) is 2.14. The fourth-order valence-electron chi connectivity index (χ4n) is 0.719. The smallest absolute Gasteiger partial charge is 0.278 e. The molecule has 0 aliphatic rings. The number of nitrogens with two attached hydrogens (primary N) is 1. The lowest BCUT2D eigenvalue weighted by Gasteiger charge is -2.10. The predicted octanol–water partition coefficient (Wildman–Crippen LogP) is 0.610. The van der Waals surface area contributed by atoms with Gasteiger partial charge in [-0.05, 0) is 0 Å². The van der Waals surface area contributed by atoms with Crippen molar-refractivity contribution in [2.24, 2.45) is 5.73 Å². The lowest BCUT2D eigenvalue weighted by Crippen LogP contribution is -2.21. The minimum Gasteiger partial charge on any atom is -0.470 e. The first kappa shape index (κ1) is 11.3. The minimum absolute atomic E-state index is 0.0504. The first-order chi connectivity index (χ1) is 6.88. The van der Waals surface area contributed by atoms with Crippen molar-refractivity contribution in [3.63, 3.8) is 0 Å². The van der Waals surface area contributed by atoms with E-state index in [0.717, 1.165) is 19.3 Å². The molecule has 0 aliphatic heterocycles. The van der Waals surface area contributed by atoms with Crippen LogP contribution in [-0.4, -0.2) is 28.4 Å². The zero-order chi connectivity index (χ0) is 11.5. The highest BCUT2D eigenvalue weighted by Gasteiger charge is 2.22. The number of ether oxygens (including phenoxy) is 1. The Morgan fingerprint density at radius 1 is 1.53 bits per heavy atom. The monoisotopic (exact) mass is 217 g/mol. The first-order valence-electron chi connectivity index (χ1n) is 4.01. The molecule has 15 heavy (non-hydrogen) atoms. The molecule has 0 saturated carbocycles. The lowest BCUT2D eigenvalue weighted by molar-refractivity contribution is -0.0243. The Morgan fingerprint density at radius 3 is 2.60 bits per heavy atom. The molecule has 0 aromatic carbocycles. The molecule has 0 spiro atoms. The van der Waals surface area contributed by atoms with Gasteiger partial charge < -0.3 is 10.5 Å². The van der Waals surface area contributed by atoms with Gasteiger partial charge in [0.1, 0.15) is 5.69 Å². The molecule has 5 nitrogen and oxygen atoms in total. The lowest BCUT2D eigenvalue weighted by atomic mass is 10.4. The van der Waals surface area contributed by atoms with Crippen molar-refractivity contribution in [1.29, 1.82) is 0 Å². The predicted molar refractivity (Wildman–Crippen MR) is 46.7 cm³/mol. The maximum Gasteiger partial charge on any atom is 0.278 e. The van der Waals surface area contributed by atoms with Crippen LogP contribution in [-0.2, 0) is 0 Å². The first-order valence-corrected chi connectivity index (χ1v) is 4.01. The van der Waals surface area contributed by atoms with Gasteiger partial charge in [-0.15, -0.1) is 0 Å². The molecule has 0 radical (unpaired) electrons. The Labute approximate surface area is 84.3 Å². The van der Waals surface area contributed by atoms with Gasteiger partial charge >= 0.3 is 0 Å². The van der Waals surface area contributed by atoms with Crippen molar-refractivity contribution in [1.82, 2.24) is 9.97 Å². The summed E-state index contributed by atoms with van der Waals surface area (Å²) < 4.78 is 29.4.